The summed E-state index contributed by atoms with van der Waals surface area (Å²) in [6.45, 7) is 2.37. The van der Waals surface area contributed by atoms with Gasteiger partial charge in [0.1, 0.15) is 11.5 Å². The Balaban J connectivity index is 2.16. The lowest BCUT2D eigenvalue weighted by Crippen LogP contribution is -1.98. The highest BCUT2D eigenvalue weighted by atomic mass is 35.5. The molecule has 0 radical (unpaired) electrons. The lowest BCUT2D eigenvalue weighted by atomic mass is 10.2. The number of nitrogens with two attached hydrogens (primary N) is 1. The first-order valence-corrected chi connectivity index (χ1v) is 5.66. The van der Waals surface area contributed by atoms with Crippen LogP contribution < -0.4 is 10.5 Å². The van der Waals surface area contributed by atoms with Crippen LogP contribution >= 0.6 is 11.6 Å². The smallest absolute Gasteiger partial charge is 0.145 e. The number of ether oxygens (including phenoxy) is 1. The molecule has 0 amide bonds. The minimum atomic E-state index is 0.431. The van der Waals surface area contributed by atoms with Gasteiger partial charge in [0.25, 0.3) is 0 Å². The van der Waals surface area contributed by atoms with Crippen molar-refractivity contribution in [3.63, 3.8) is 0 Å². The Morgan fingerprint density at radius 3 is 2.59 bits per heavy atom. The van der Waals surface area contributed by atoms with E-state index in [2.05, 4.69) is 4.98 Å². The molecule has 88 valence electrons. The predicted molar refractivity (Wildman–Crippen MR) is 68.4 cm³/mol. The Morgan fingerprint density at radius 1 is 1.24 bits per heavy atom. The number of aryl methyl sites for hydroxylation is 1. The van der Waals surface area contributed by atoms with Crippen molar-refractivity contribution >= 4 is 11.6 Å². The Labute approximate surface area is 105 Å². The Morgan fingerprint density at radius 2 is 2.00 bits per heavy atom. The molecule has 17 heavy (non-hydrogen) atoms. The van der Waals surface area contributed by atoms with Crippen LogP contribution in [0, 0.1) is 6.92 Å². The second-order valence-corrected chi connectivity index (χ2v) is 4.11. The van der Waals surface area contributed by atoms with E-state index in [1.54, 1.807) is 6.20 Å². The third-order valence-electron chi connectivity index (χ3n) is 2.37. The lowest BCUT2D eigenvalue weighted by Gasteiger charge is -2.07. The van der Waals surface area contributed by atoms with Crippen LogP contribution in [0.3, 0.4) is 0 Å². The number of pyridine rings is 1. The SMILES string of the molecule is Cc1cc(Oc2ccc(CN)nc2)ccc1Cl. The van der Waals surface area contributed by atoms with E-state index in [1.165, 1.54) is 0 Å². The summed E-state index contributed by atoms with van der Waals surface area (Å²) in [7, 11) is 0. The van der Waals surface area contributed by atoms with E-state index in [0.29, 0.717) is 12.3 Å². The fraction of sp³-hybridized carbons (Fsp3) is 0.154. The quantitative estimate of drug-likeness (QED) is 0.907. The number of hydrogen-bond acceptors (Lipinski definition) is 3. The fourth-order valence-electron chi connectivity index (χ4n) is 1.41. The van der Waals surface area contributed by atoms with E-state index in [0.717, 1.165) is 22.0 Å². The van der Waals surface area contributed by atoms with E-state index in [1.807, 2.05) is 37.3 Å². The van der Waals surface area contributed by atoms with Crippen molar-refractivity contribution < 1.29 is 4.74 Å². The average molecular weight is 249 g/mol. The molecule has 0 spiro atoms. The van der Waals surface area contributed by atoms with Crippen molar-refractivity contribution in [2.45, 2.75) is 13.5 Å². The molecule has 1 heterocycles. The normalized spacial score (nSPS) is 10.3. The summed E-state index contributed by atoms with van der Waals surface area (Å²) in [4.78, 5) is 4.16. The molecule has 0 aliphatic heterocycles. The molecule has 3 nitrogen and oxygen atoms in total. The van der Waals surface area contributed by atoms with Crippen molar-refractivity contribution in [1.82, 2.24) is 4.98 Å². The molecule has 0 aliphatic rings. The minimum Gasteiger partial charge on any atom is -0.456 e. The molecule has 2 N–H and O–H groups in total. The second-order valence-electron chi connectivity index (χ2n) is 3.70. The molecule has 0 atom stereocenters. The molecule has 2 rings (SSSR count). The van der Waals surface area contributed by atoms with Crippen LogP contribution in [0.4, 0.5) is 0 Å². The first-order chi connectivity index (χ1) is 8.19. The zero-order valence-electron chi connectivity index (χ0n) is 9.48. The summed E-state index contributed by atoms with van der Waals surface area (Å²) in [6, 6.07) is 9.22. The zero-order chi connectivity index (χ0) is 12.3. The largest absolute Gasteiger partial charge is 0.456 e. The molecule has 0 saturated carbocycles. The van der Waals surface area contributed by atoms with E-state index in [-0.39, 0.29) is 0 Å². The lowest BCUT2D eigenvalue weighted by molar-refractivity contribution is 0.479. The van der Waals surface area contributed by atoms with Gasteiger partial charge in [-0.2, -0.15) is 0 Å². The molecule has 0 fully saturated rings. The molecule has 0 bridgehead atoms. The molecule has 0 saturated heterocycles. The van der Waals surface area contributed by atoms with Gasteiger partial charge >= 0.3 is 0 Å². The van der Waals surface area contributed by atoms with Gasteiger partial charge in [-0.1, -0.05) is 11.6 Å². The Kier molecular flexibility index (Phi) is 3.61. The molecule has 0 unspecified atom stereocenters. The van der Waals surface area contributed by atoms with Crippen molar-refractivity contribution in [1.29, 1.82) is 0 Å². The molecule has 4 heteroatoms. The number of hydrogen-bond donors (Lipinski definition) is 1. The third kappa shape index (κ3) is 2.96. The standard InChI is InChI=1S/C13H13ClN2O/c1-9-6-11(4-5-13(9)14)17-12-3-2-10(7-15)16-8-12/h2-6,8H,7,15H2,1H3. The molecular formula is C13H13ClN2O. The maximum Gasteiger partial charge on any atom is 0.145 e. The van der Waals surface area contributed by atoms with Gasteiger partial charge in [0.05, 0.1) is 11.9 Å². The van der Waals surface area contributed by atoms with Crippen LogP contribution in [0.1, 0.15) is 11.3 Å². The fourth-order valence-corrected chi connectivity index (χ4v) is 1.53. The summed E-state index contributed by atoms with van der Waals surface area (Å²) in [6.07, 6.45) is 1.66. The van der Waals surface area contributed by atoms with Crippen LogP contribution in [0.5, 0.6) is 11.5 Å². The minimum absolute atomic E-state index is 0.431. The first kappa shape index (κ1) is 11.9. The summed E-state index contributed by atoms with van der Waals surface area (Å²) < 4.78 is 5.65. The predicted octanol–water partition coefficient (Wildman–Crippen LogP) is 3.29. The van der Waals surface area contributed by atoms with Gasteiger partial charge in [-0.25, -0.2) is 0 Å². The van der Waals surface area contributed by atoms with Gasteiger partial charge in [0, 0.05) is 11.6 Å². The van der Waals surface area contributed by atoms with Gasteiger partial charge in [-0.3, -0.25) is 4.98 Å². The molecule has 1 aromatic carbocycles. The van der Waals surface area contributed by atoms with Crippen molar-refractivity contribution in [3.8, 4) is 11.5 Å². The van der Waals surface area contributed by atoms with E-state index >= 15 is 0 Å². The molecular weight excluding hydrogens is 236 g/mol. The van der Waals surface area contributed by atoms with Crippen molar-refractivity contribution in [2.75, 3.05) is 0 Å². The highest BCUT2D eigenvalue weighted by molar-refractivity contribution is 6.31. The number of nitrogens with zero attached hydrogens (tertiary/aromatic N) is 1. The van der Waals surface area contributed by atoms with E-state index in [9.17, 15) is 0 Å². The van der Waals surface area contributed by atoms with E-state index in [4.69, 9.17) is 22.1 Å². The highest BCUT2D eigenvalue weighted by Crippen LogP contribution is 2.25. The number of aromatic nitrogens is 1. The Bertz CT molecular complexity index is 511. The van der Waals surface area contributed by atoms with Gasteiger partial charge in [-0.05, 0) is 42.8 Å². The first-order valence-electron chi connectivity index (χ1n) is 5.28. The molecule has 0 aliphatic carbocycles. The number of rotatable bonds is 3. The van der Waals surface area contributed by atoms with Gasteiger partial charge < -0.3 is 10.5 Å². The third-order valence-corrected chi connectivity index (χ3v) is 2.80. The summed E-state index contributed by atoms with van der Waals surface area (Å²) in [5.41, 5.74) is 7.29. The zero-order valence-corrected chi connectivity index (χ0v) is 10.2. The van der Waals surface area contributed by atoms with Gasteiger partial charge in [-0.15, -0.1) is 0 Å². The average Bonchev–Trinajstić information content (AvgIpc) is 2.35. The summed E-state index contributed by atoms with van der Waals surface area (Å²) in [5.74, 6) is 1.43. The van der Waals surface area contributed by atoms with Crippen LogP contribution in [0.25, 0.3) is 0 Å². The van der Waals surface area contributed by atoms with Crippen molar-refractivity contribution in [3.05, 3.63) is 52.8 Å². The number of halogens is 1. The second kappa shape index (κ2) is 5.17. The maximum atomic E-state index is 5.94. The van der Waals surface area contributed by atoms with Crippen LogP contribution in [0.2, 0.25) is 5.02 Å². The maximum absolute atomic E-state index is 5.94. The van der Waals surface area contributed by atoms with Gasteiger partial charge in [0.15, 0.2) is 0 Å². The monoisotopic (exact) mass is 248 g/mol. The molecule has 1 aromatic heterocycles. The van der Waals surface area contributed by atoms with Crippen LogP contribution in [-0.4, -0.2) is 4.98 Å². The van der Waals surface area contributed by atoms with E-state index < -0.39 is 0 Å². The summed E-state index contributed by atoms with van der Waals surface area (Å²) in [5, 5.41) is 0.731. The van der Waals surface area contributed by atoms with Crippen molar-refractivity contribution in [2.24, 2.45) is 5.73 Å². The highest BCUT2D eigenvalue weighted by Gasteiger charge is 2.01. The molecule has 2 aromatic rings. The van der Waals surface area contributed by atoms with Crippen LogP contribution in [-0.2, 0) is 6.54 Å². The topological polar surface area (TPSA) is 48.1 Å². The number of benzene rings is 1. The van der Waals surface area contributed by atoms with Gasteiger partial charge in [0.2, 0.25) is 0 Å². The Hall–Kier alpha value is -1.58. The van der Waals surface area contributed by atoms with Crippen LogP contribution in [0.15, 0.2) is 36.5 Å². The summed E-state index contributed by atoms with van der Waals surface area (Å²) >= 11 is 5.94.